The average Bonchev–Trinajstić information content (AvgIpc) is 2.83. The van der Waals surface area contributed by atoms with Crippen LogP contribution < -0.4 is 11.1 Å². The molecule has 2 rings (SSSR count). The molecule has 0 spiro atoms. The normalized spacial score (nSPS) is 10.3. The second-order valence-electron chi connectivity index (χ2n) is 3.81. The number of rotatable bonds is 3. The molecule has 0 fully saturated rings. The molecule has 4 nitrogen and oxygen atoms in total. The predicted molar refractivity (Wildman–Crippen MR) is 75.2 cm³/mol. The van der Waals surface area contributed by atoms with Gasteiger partial charge in [0.2, 0.25) is 5.91 Å². The smallest absolute Gasteiger partial charge is 0.251 e. The highest BCUT2D eigenvalue weighted by Gasteiger charge is 2.16. The van der Waals surface area contributed by atoms with Gasteiger partial charge in [0.25, 0.3) is 5.91 Å². The number of carbonyl (C=O) groups excluding carboxylic acids is 2. The van der Waals surface area contributed by atoms with Crippen molar-refractivity contribution >= 4 is 39.5 Å². The van der Waals surface area contributed by atoms with Crippen LogP contribution in [0.15, 0.2) is 18.2 Å². The molecule has 3 N–H and O–H groups in total. The van der Waals surface area contributed by atoms with Crippen LogP contribution in [0, 0.1) is 6.92 Å². The zero-order chi connectivity index (χ0) is 13.3. The Morgan fingerprint density at radius 3 is 2.44 bits per heavy atom. The molecule has 0 unspecified atom stereocenters. The number of aryl methyl sites for hydroxylation is 1. The number of thiophene rings is 2. The first-order chi connectivity index (χ1) is 8.47. The predicted octanol–water partition coefficient (Wildman–Crippen LogP) is 2.84. The Morgan fingerprint density at radius 1 is 1.22 bits per heavy atom. The Morgan fingerprint density at radius 2 is 1.94 bits per heavy atom. The first kappa shape index (κ1) is 12.8. The third-order valence-electron chi connectivity index (χ3n) is 2.27. The summed E-state index contributed by atoms with van der Waals surface area (Å²) in [7, 11) is 0. The quantitative estimate of drug-likeness (QED) is 0.907. The van der Waals surface area contributed by atoms with Gasteiger partial charge in [0, 0.05) is 21.6 Å². The molecular formula is C12H12N2O2S2. The van der Waals surface area contributed by atoms with Crippen molar-refractivity contribution in [3.63, 3.8) is 0 Å². The van der Waals surface area contributed by atoms with Gasteiger partial charge in [-0.15, -0.1) is 22.7 Å². The lowest BCUT2D eigenvalue weighted by molar-refractivity contribution is -0.114. The number of primary amides is 1. The topological polar surface area (TPSA) is 72.2 Å². The third kappa shape index (κ3) is 2.60. The van der Waals surface area contributed by atoms with Crippen LogP contribution in [0.3, 0.4) is 0 Å². The largest absolute Gasteiger partial charge is 0.366 e. The van der Waals surface area contributed by atoms with E-state index in [1.807, 2.05) is 19.1 Å². The summed E-state index contributed by atoms with van der Waals surface area (Å²) >= 11 is 3.00. The summed E-state index contributed by atoms with van der Waals surface area (Å²) in [6.07, 6.45) is 0. The van der Waals surface area contributed by atoms with E-state index in [1.165, 1.54) is 23.1 Å². The van der Waals surface area contributed by atoms with E-state index < -0.39 is 5.91 Å². The minimum absolute atomic E-state index is 0.215. The number of hydrogen-bond donors (Lipinski definition) is 2. The minimum atomic E-state index is -0.533. The second kappa shape index (κ2) is 4.91. The number of amides is 2. The number of hydrogen-bond acceptors (Lipinski definition) is 4. The molecule has 0 aliphatic carbocycles. The SMILES string of the molecule is CC(=O)Nc1sc(-c2ccc(C)s2)cc1C(N)=O. The maximum atomic E-state index is 11.3. The van der Waals surface area contributed by atoms with Gasteiger partial charge in [0.15, 0.2) is 0 Å². The van der Waals surface area contributed by atoms with E-state index >= 15 is 0 Å². The molecule has 6 heteroatoms. The molecule has 94 valence electrons. The zero-order valence-electron chi connectivity index (χ0n) is 9.94. The van der Waals surface area contributed by atoms with E-state index in [4.69, 9.17) is 5.73 Å². The van der Waals surface area contributed by atoms with Gasteiger partial charge >= 0.3 is 0 Å². The standard InChI is InChI=1S/C12H12N2O2S2/c1-6-3-4-9(17-6)10-5-8(11(13)16)12(18-10)14-7(2)15/h3-5H,1-2H3,(H2,13,16)(H,14,15). The number of nitrogens with one attached hydrogen (secondary N) is 1. The molecule has 2 aromatic rings. The first-order valence-corrected chi connectivity index (χ1v) is 6.88. The van der Waals surface area contributed by atoms with Crippen LogP contribution in [-0.2, 0) is 4.79 Å². The molecule has 0 bridgehead atoms. The van der Waals surface area contributed by atoms with Gasteiger partial charge in [-0.25, -0.2) is 0 Å². The fourth-order valence-corrected chi connectivity index (χ4v) is 3.57. The number of anilines is 1. The van der Waals surface area contributed by atoms with Crippen molar-refractivity contribution in [3.8, 4) is 9.75 Å². The molecule has 0 aliphatic rings. The molecule has 2 heterocycles. The summed E-state index contributed by atoms with van der Waals surface area (Å²) in [6, 6.07) is 5.74. The Bertz CT molecular complexity index is 613. The van der Waals surface area contributed by atoms with Crippen molar-refractivity contribution in [3.05, 3.63) is 28.6 Å². The number of carbonyl (C=O) groups is 2. The highest BCUT2D eigenvalue weighted by molar-refractivity contribution is 7.24. The third-order valence-corrected chi connectivity index (χ3v) is 4.52. The summed E-state index contributed by atoms with van der Waals surface area (Å²) in [5, 5.41) is 3.15. The summed E-state index contributed by atoms with van der Waals surface area (Å²) in [5.74, 6) is -0.747. The van der Waals surface area contributed by atoms with E-state index in [2.05, 4.69) is 5.32 Å². The van der Waals surface area contributed by atoms with E-state index in [1.54, 1.807) is 17.4 Å². The monoisotopic (exact) mass is 280 g/mol. The van der Waals surface area contributed by atoms with Gasteiger partial charge in [0.05, 0.1) is 5.56 Å². The Kier molecular flexibility index (Phi) is 3.49. The van der Waals surface area contributed by atoms with Crippen molar-refractivity contribution in [2.75, 3.05) is 5.32 Å². The van der Waals surface area contributed by atoms with Gasteiger partial charge in [-0.05, 0) is 25.1 Å². The van der Waals surface area contributed by atoms with Crippen LogP contribution >= 0.6 is 22.7 Å². The number of nitrogens with two attached hydrogens (primary N) is 1. The summed E-state index contributed by atoms with van der Waals surface area (Å²) in [6.45, 7) is 3.42. The molecule has 0 atom stereocenters. The van der Waals surface area contributed by atoms with Crippen LogP contribution in [0.4, 0.5) is 5.00 Å². The van der Waals surface area contributed by atoms with E-state index in [-0.39, 0.29) is 5.91 Å². The Balaban J connectivity index is 2.45. The Labute approximate surface area is 112 Å². The van der Waals surface area contributed by atoms with Crippen molar-refractivity contribution in [2.45, 2.75) is 13.8 Å². The fraction of sp³-hybridized carbons (Fsp3) is 0.167. The van der Waals surface area contributed by atoms with Crippen LogP contribution in [-0.4, -0.2) is 11.8 Å². The Hall–Kier alpha value is -1.66. The second-order valence-corrected chi connectivity index (χ2v) is 6.15. The molecule has 0 saturated heterocycles. The van der Waals surface area contributed by atoms with Crippen molar-refractivity contribution in [1.29, 1.82) is 0 Å². The van der Waals surface area contributed by atoms with Crippen molar-refractivity contribution in [1.82, 2.24) is 0 Å². The van der Waals surface area contributed by atoms with Gasteiger partial charge in [-0.1, -0.05) is 0 Å². The lowest BCUT2D eigenvalue weighted by atomic mass is 10.2. The van der Waals surface area contributed by atoms with E-state index in [0.29, 0.717) is 10.6 Å². The lowest BCUT2D eigenvalue weighted by Crippen LogP contribution is -2.14. The van der Waals surface area contributed by atoms with Crippen LogP contribution in [0.2, 0.25) is 0 Å². The lowest BCUT2D eigenvalue weighted by Gasteiger charge is -1.99. The summed E-state index contributed by atoms with van der Waals surface area (Å²) in [5.41, 5.74) is 5.66. The molecule has 0 aromatic carbocycles. The van der Waals surface area contributed by atoms with Crippen LogP contribution in [0.1, 0.15) is 22.2 Å². The van der Waals surface area contributed by atoms with Gasteiger partial charge < -0.3 is 11.1 Å². The van der Waals surface area contributed by atoms with E-state index in [9.17, 15) is 9.59 Å². The minimum Gasteiger partial charge on any atom is -0.366 e. The van der Waals surface area contributed by atoms with Crippen molar-refractivity contribution < 1.29 is 9.59 Å². The first-order valence-electron chi connectivity index (χ1n) is 5.25. The molecule has 0 aliphatic heterocycles. The van der Waals surface area contributed by atoms with Crippen LogP contribution in [0.25, 0.3) is 9.75 Å². The zero-order valence-corrected chi connectivity index (χ0v) is 11.6. The summed E-state index contributed by atoms with van der Waals surface area (Å²) < 4.78 is 0. The summed E-state index contributed by atoms with van der Waals surface area (Å²) in [4.78, 5) is 25.6. The molecule has 2 amide bonds. The molecular weight excluding hydrogens is 268 g/mol. The average molecular weight is 280 g/mol. The van der Waals surface area contributed by atoms with Gasteiger partial charge in [-0.2, -0.15) is 0 Å². The maximum absolute atomic E-state index is 11.3. The molecule has 18 heavy (non-hydrogen) atoms. The van der Waals surface area contributed by atoms with Crippen LogP contribution in [0.5, 0.6) is 0 Å². The molecule has 2 aromatic heterocycles. The fourth-order valence-electron chi connectivity index (χ4n) is 1.52. The van der Waals surface area contributed by atoms with Crippen molar-refractivity contribution in [2.24, 2.45) is 5.73 Å². The highest BCUT2D eigenvalue weighted by atomic mass is 32.1. The van der Waals surface area contributed by atoms with Gasteiger partial charge in [-0.3, -0.25) is 9.59 Å². The maximum Gasteiger partial charge on any atom is 0.251 e. The van der Waals surface area contributed by atoms with Gasteiger partial charge in [0.1, 0.15) is 5.00 Å². The van der Waals surface area contributed by atoms with E-state index in [0.717, 1.165) is 9.75 Å². The molecule has 0 saturated carbocycles. The molecule has 0 radical (unpaired) electrons. The highest BCUT2D eigenvalue weighted by Crippen LogP contribution is 2.38.